The molecule has 0 radical (unpaired) electrons. The predicted molar refractivity (Wildman–Crippen MR) is 75.8 cm³/mol. The molecule has 0 bridgehead atoms. The summed E-state index contributed by atoms with van der Waals surface area (Å²) in [6.07, 6.45) is -2.94. The van der Waals surface area contributed by atoms with Gasteiger partial charge < -0.3 is 20.1 Å². The van der Waals surface area contributed by atoms with E-state index in [1.165, 1.54) is 4.90 Å². The van der Waals surface area contributed by atoms with Gasteiger partial charge in [-0.15, -0.1) is 16.5 Å². The molecule has 126 valence electrons. The van der Waals surface area contributed by atoms with Crippen LogP contribution in [-0.2, 0) is 4.74 Å². The van der Waals surface area contributed by atoms with Gasteiger partial charge in [0.05, 0.1) is 18.4 Å². The van der Waals surface area contributed by atoms with Gasteiger partial charge in [-0.05, 0) is 18.8 Å². The number of aliphatic hydroxyl groups excluding tert-OH is 3. The molecule has 2 amide bonds. The summed E-state index contributed by atoms with van der Waals surface area (Å²) in [5.74, 6) is 0.291. The minimum absolute atomic E-state index is 0.0325. The van der Waals surface area contributed by atoms with E-state index in [1.54, 1.807) is 0 Å². The molecule has 10 heteroatoms. The number of carbonyl (C=O) groups excluding carboxylic acids is 1. The van der Waals surface area contributed by atoms with Gasteiger partial charge in [0.2, 0.25) is 0 Å². The molecular formula is C12H20ClN3O6. The van der Waals surface area contributed by atoms with E-state index in [1.807, 2.05) is 0 Å². The van der Waals surface area contributed by atoms with Gasteiger partial charge in [0.25, 0.3) is 0 Å². The van der Waals surface area contributed by atoms with Crippen molar-refractivity contribution in [1.29, 1.82) is 0 Å². The largest absolute Gasteiger partial charge is 0.394 e. The van der Waals surface area contributed by atoms with Crippen LogP contribution in [-0.4, -0.2) is 81.4 Å². The zero-order valence-electron chi connectivity index (χ0n) is 11.9. The molecule has 0 aromatic rings. The quantitative estimate of drug-likeness (QED) is 0.326. The molecule has 1 saturated heterocycles. The lowest BCUT2D eigenvalue weighted by Crippen LogP contribution is -2.52. The first-order valence-electron chi connectivity index (χ1n) is 7.13. The molecule has 1 aliphatic carbocycles. The van der Waals surface area contributed by atoms with E-state index in [9.17, 15) is 19.9 Å². The Bertz CT molecular complexity index is 410. The number of hydrogen-bond acceptors (Lipinski definition) is 7. The van der Waals surface area contributed by atoms with Gasteiger partial charge in [-0.1, -0.05) is 0 Å². The highest BCUT2D eigenvalue weighted by atomic mass is 35.5. The van der Waals surface area contributed by atoms with Crippen molar-refractivity contribution in [3.63, 3.8) is 0 Å². The molecule has 1 saturated carbocycles. The van der Waals surface area contributed by atoms with E-state index >= 15 is 0 Å². The van der Waals surface area contributed by atoms with Gasteiger partial charge in [0.1, 0.15) is 18.3 Å². The fourth-order valence-electron chi connectivity index (χ4n) is 2.41. The number of urea groups is 1. The first-order chi connectivity index (χ1) is 10.5. The smallest absolute Gasteiger partial charge is 0.345 e. The Kier molecular flexibility index (Phi) is 5.93. The van der Waals surface area contributed by atoms with Crippen molar-refractivity contribution in [2.45, 2.75) is 37.4 Å². The third kappa shape index (κ3) is 3.66. The molecule has 0 aromatic carbocycles. The number of hydrogen-bond donors (Lipinski definition) is 3. The molecule has 1 heterocycles. The SMILES string of the molecule is O=NN(CCCl)C(=O)N(CC1CC1)[C@@H]1O[C@H](CO)[C@@H](O)[C@H]1O. The van der Waals surface area contributed by atoms with Crippen molar-refractivity contribution >= 4 is 17.6 Å². The highest BCUT2D eigenvalue weighted by molar-refractivity contribution is 6.18. The van der Waals surface area contributed by atoms with Crippen LogP contribution in [0.1, 0.15) is 12.8 Å². The summed E-state index contributed by atoms with van der Waals surface area (Å²) in [7, 11) is 0. The van der Waals surface area contributed by atoms with E-state index in [0.717, 1.165) is 12.8 Å². The molecule has 2 fully saturated rings. The van der Waals surface area contributed by atoms with Crippen LogP contribution in [0.4, 0.5) is 4.79 Å². The number of halogens is 1. The van der Waals surface area contributed by atoms with Crippen molar-refractivity contribution in [1.82, 2.24) is 9.91 Å². The summed E-state index contributed by atoms with van der Waals surface area (Å²) >= 11 is 5.53. The summed E-state index contributed by atoms with van der Waals surface area (Å²) in [6, 6.07) is -0.739. The van der Waals surface area contributed by atoms with Crippen molar-refractivity contribution in [3.05, 3.63) is 4.91 Å². The molecule has 9 nitrogen and oxygen atoms in total. The number of alkyl halides is 1. The average molecular weight is 338 g/mol. The lowest BCUT2D eigenvalue weighted by atomic mass is 10.1. The van der Waals surface area contributed by atoms with Crippen LogP contribution in [0.3, 0.4) is 0 Å². The van der Waals surface area contributed by atoms with Crippen LogP contribution < -0.4 is 0 Å². The molecule has 2 aliphatic rings. The minimum atomic E-state index is -1.37. The van der Waals surface area contributed by atoms with Gasteiger partial charge in [-0.2, -0.15) is 5.01 Å². The van der Waals surface area contributed by atoms with Gasteiger partial charge in [0.15, 0.2) is 6.23 Å². The second-order valence-electron chi connectivity index (χ2n) is 5.50. The molecule has 1 aliphatic heterocycles. The first kappa shape index (κ1) is 17.4. The molecule has 3 N–H and O–H groups in total. The maximum Gasteiger partial charge on any atom is 0.345 e. The fourth-order valence-corrected chi connectivity index (χ4v) is 2.57. The second kappa shape index (κ2) is 7.51. The van der Waals surface area contributed by atoms with Gasteiger partial charge >= 0.3 is 6.03 Å². The van der Waals surface area contributed by atoms with E-state index in [-0.39, 0.29) is 24.9 Å². The molecule has 22 heavy (non-hydrogen) atoms. The van der Waals surface area contributed by atoms with E-state index in [4.69, 9.17) is 21.4 Å². The Labute approximate surface area is 132 Å². The molecule has 2 rings (SSSR count). The van der Waals surface area contributed by atoms with Crippen molar-refractivity contribution in [2.75, 3.05) is 25.6 Å². The maximum absolute atomic E-state index is 12.4. The highest BCUT2D eigenvalue weighted by Gasteiger charge is 2.48. The van der Waals surface area contributed by atoms with Gasteiger partial charge in [0, 0.05) is 12.4 Å². The fraction of sp³-hybridized carbons (Fsp3) is 0.917. The molecule has 0 unspecified atom stereocenters. The Balaban J connectivity index is 2.14. The van der Waals surface area contributed by atoms with Crippen LogP contribution in [0.2, 0.25) is 0 Å². The number of aliphatic hydroxyl groups is 3. The minimum Gasteiger partial charge on any atom is -0.394 e. The average Bonchev–Trinajstić information content (AvgIpc) is 3.29. The number of ether oxygens (including phenoxy) is 1. The number of nitroso groups, excluding NO2 is 1. The van der Waals surface area contributed by atoms with Crippen molar-refractivity contribution < 1.29 is 24.9 Å². The van der Waals surface area contributed by atoms with Gasteiger partial charge in [-0.25, -0.2) is 4.79 Å². The third-order valence-electron chi connectivity index (χ3n) is 3.84. The zero-order chi connectivity index (χ0) is 16.3. The lowest BCUT2D eigenvalue weighted by Gasteiger charge is -2.32. The summed E-state index contributed by atoms with van der Waals surface area (Å²) < 4.78 is 5.37. The molecule has 0 aromatic heterocycles. The highest BCUT2D eigenvalue weighted by Crippen LogP contribution is 2.33. The van der Waals surface area contributed by atoms with Crippen LogP contribution in [0.5, 0.6) is 0 Å². The summed E-state index contributed by atoms with van der Waals surface area (Å²) in [5, 5.41) is 32.3. The number of carbonyl (C=O) groups is 1. The van der Waals surface area contributed by atoms with Gasteiger partial charge in [-0.3, -0.25) is 4.90 Å². The number of amides is 2. The van der Waals surface area contributed by atoms with Crippen LogP contribution in [0, 0.1) is 10.8 Å². The zero-order valence-corrected chi connectivity index (χ0v) is 12.7. The second-order valence-corrected chi connectivity index (χ2v) is 5.88. The Morgan fingerprint density at radius 2 is 2.00 bits per heavy atom. The maximum atomic E-state index is 12.4. The lowest BCUT2D eigenvalue weighted by molar-refractivity contribution is -0.0846. The normalized spacial score (nSPS) is 31.1. The van der Waals surface area contributed by atoms with Crippen LogP contribution in [0.25, 0.3) is 0 Å². The van der Waals surface area contributed by atoms with E-state index < -0.39 is 37.2 Å². The summed E-state index contributed by atoms with van der Waals surface area (Å²) in [5.41, 5.74) is 0. The predicted octanol–water partition coefficient (Wildman–Crippen LogP) is -0.520. The monoisotopic (exact) mass is 337 g/mol. The Morgan fingerprint density at radius 1 is 1.32 bits per heavy atom. The van der Waals surface area contributed by atoms with Crippen LogP contribution >= 0.6 is 11.6 Å². The third-order valence-corrected chi connectivity index (χ3v) is 4.01. The van der Waals surface area contributed by atoms with E-state index in [2.05, 4.69) is 5.29 Å². The topological polar surface area (TPSA) is 123 Å². The summed E-state index contributed by atoms with van der Waals surface area (Å²) in [6.45, 7) is -0.281. The Morgan fingerprint density at radius 3 is 2.45 bits per heavy atom. The number of nitrogens with zero attached hydrogens (tertiary/aromatic N) is 3. The molecule has 4 atom stereocenters. The first-order valence-corrected chi connectivity index (χ1v) is 7.66. The van der Waals surface area contributed by atoms with Crippen molar-refractivity contribution in [2.24, 2.45) is 11.2 Å². The Hall–Kier alpha value is -1.00. The van der Waals surface area contributed by atoms with Crippen LogP contribution in [0.15, 0.2) is 5.29 Å². The van der Waals surface area contributed by atoms with Crippen molar-refractivity contribution in [3.8, 4) is 0 Å². The number of rotatable bonds is 7. The summed E-state index contributed by atoms with van der Waals surface area (Å²) in [4.78, 5) is 24.4. The van der Waals surface area contributed by atoms with E-state index in [0.29, 0.717) is 5.01 Å². The molecule has 0 spiro atoms. The standard InChI is InChI=1S/C12H20ClN3O6/c13-3-4-16(14-21)12(20)15(5-7-1-2-7)11-10(19)9(18)8(6-17)22-11/h7-11,17-19H,1-6H2/t8-,9-,10-,11-/m1/s1. The molecular weight excluding hydrogens is 318 g/mol.